The Bertz CT molecular complexity index is 674. The zero-order valence-electron chi connectivity index (χ0n) is 12.5. The smallest absolute Gasteiger partial charge is 0.244 e. The van der Waals surface area contributed by atoms with Gasteiger partial charge >= 0.3 is 0 Å². The number of nitrogens with one attached hydrogen (secondary N) is 1. The lowest BCUT2D eigenvalue weighted by atomic mass is 10.0. The predicted molar refractivity (Wildman–Crippen MR) is 84.7 cm³/mol. The molecule has 2 aromatic rings. The minimum atomic E-state index is -0.0989. The Hall–Kier alpha value is -2.49. The highest BCUT2D eigenvalue weighted by atomic mass is 16.5. The van der Waals surface area contributed by atoms with Gasteiger partial charge in [0.2, 0.25) is 5.91 Å². The fraction of sp³-hybridized carbons (Fsp3) is 0.278. The molecule has 2 heterocycles. The SMILES string of the molecule is C[C@@H](Cc1ccc2c(c1)CCO2)NC(=O)/C=C/c1ccoc1. The Morgan fingerprint density at radius 3 is 3.14 bits per heavy atom. The molecule has 1 aliphatic heterocycles. The normalized spacial score (nSPS) is 14.6. The molecular formula is C18H19NO3. The van der Waals surface area contributed by atoms with Gasteiger partial charge in [0, 0.05) is 24.1 Å². The first-order valence-corrected chi connectivity index (χ1v) is 7.46. The number of rotatable bonds is 5. The van der Waals surface area contributed by atoms with Crippen molar-refractivity contribution in [3.8, 4) is 5.75 Å². The minimum absolute atomic E-state index is 0.0712. The van der Waals surface area contributed by atoms with E-state index in [0.717, 1.165) is 30.8 Å². The summed E-state index contributed by atoms with van der Waals surface area (Å²) in [6.45, 7) is 2.77. The predicted octanol–water partition coefficient (Wildman–Crippen LogP) is 2.98. The van der Waals surface area contributed by atoms with Gasteiger partial charge in [-0.2, -0.15) is 0 Å². The van der Waals surface area contributed by atoms with Gasteiger partial charge in [0.1, 0.15) is 5.75 Å². The van der Waals surface area contributed by atoms with Gasteiger partial charge in [0.15, 0.2) is 0 Å². The van der Waals surface area contributed by atoms with Crippen LogP contribution in [0.25, 0.3) is 6.08 Å². The molecule has 0 unspecified atom stereocenters. The number of carbonyl (C=O) groups is 1. The molecule has 1 aromatic heterocycles. The third kappa shape index (κ3) is 3.58. The summed E-state index contributed by atoms with van der Waals surface area (Å²) in [5, 5.41) is 2.97. The molecular weight excluding hydrogens is 278 g/mol. The van der Waals surface area contributed by atoms with Crippen LogP contribution in [-0.4, -0.2) is 18.6 Å². The Kier molecular flexibility index (Phi) is 4.28. The summed E-state index contributed by atoms with van der Waals surface area (Å²) in [5.41, 5.74) is 3.35. The van der Waals surface area contributed by atoms with Crippen molar-refractivity contribution in [2.24, 2.45) is 0 Å². The molecule has 0 radical (unpaired) electrons. The quantitative estimate of drug-likeness (QED) is 0.863. The number of hydrogen-bond acceptors (Lipinski definition) is 3. The van der Waals surface area contributed by atoms with Crippen molar-refractivity contribution in [2.75, 3.05) is 6.61 Å². The maximum Gasteiger partial charge on any atom is 0.244 e. The lowest BCUT2D eigenvalue weighted by Gasteiger charge is -2.13. The van der Waals surface area contributed by atoms with Gasteiger partial charge in [0.05, 0.1) is 19.1 Å². The van der Waals surface area contributed by atoms with Crippen LogP contribution in [0.1, 0.15) is 23.6 Å². The molecule has 1 aromatic carbocycles. The maximum absolute atomic E-state index is 11.9. The number of fused-ring (bicyclic) bond motifs is 1. The zero-order chi connectivity index (χ0) is 15.4. The van der Waals surface area contributed by atoms with Gasteiger partial charge in [-0.25, -0.2) is 0 Å². The molecule has 114 valence electrons. The van der Waals surface area contributed by atoms with E-state index in [1.54, 1.807) is 24.7 Å². The Morgan fingerprint density at radius 2 is 2.32 bits per heavy atom. The molecule has 22 heavy (non-hydrogen) atoms. The summed E-state index contributed by atoms with van der Waals surface area (Å²) in [5.74, 6) is 0.890. The lowest BCUT2D eigenvalue weighted by Crippen LogP contribution is -2.32. The van der Waals surface area contributed by atoms with Crippen LogP contribution in [0.3, 0.4) is 0 Å². The Labute approximate surface area is 129 Å². The molecule has 0 spiro atoms. The molecule has 1 aliphatic rings. The van der Waals surface area contributed by atoms with E-state index in [1.807, 2.05) is 13.0 Å². The van der Waals surface area contributed by atoms with E-state index in [2.05, 4.69) is 17.4 Å². The second-order valence-corrected chi connectivity index (χ2v) is 5.54. The van der Waals surface area contributed by atoms with Gasteiger partial charge in [-0.3, -0.25) is 4.79 Å². The van der Waals surface area contributed by atoms with Crippen LogP contribution in [-0.2, 0) is 17.6 Å². The van der Waals surface area contributed by atoms with Crippen LogP contribution in [0, 0.1) is 0 Å². The second kappa shape index (κ2) is 6.52. The van der Waals surface area contributed by atoms with Crippen molar-refractivity contribution in [3.63, 3.8) is 0 Å². The molecule has 0 bridgehead atoms. The van der Waals surface area contributed by atoms with Crippen LogP contribution >= 0.6 is 0 Å². The molecule has 0 fully saturated rings. The molecule has 0 saturated heterocycles. The summed E-state index contributed by atoms with van der Waals surface area (Å²) in [4.78, 5) is 11.9. The molecule has 1 atom stereocenters. The van der Waals surface area contributed by atoms with Gasteiger partial charge in [-0.1, -0.05) is 12.1 Å². The van der Waals surface area contributed by atoms with Gasteiger partial charge in [-0.05, 0) is 42.7 Å². The van der Waals surface area contributed by atoms with E-state index in [4.69, 9.17) is 9.15 Å². The summed E-state index contributed by atoms with van der Waals surface area (Å²) < 4.78 is 10.5. The summed E-state index contributed by atoms with van der Waals surface area (Å²) >= 11 is 0. The lowest BCUT2D eigenvalue weighted by molar-refractivity contribution is -0.117. The first kappa shape index (κ1) is 14.4. The highest BCUT2D eigenvalue weighted by Gasteiger charge is 2.13. The van der Waals surface area contributed by atoms with Crippen molar-refractivity contribution in [1.29, 1.82) is 0 Å². The van der Waals surface area contributed by atoms with E-state index in [0.29, 0.717) is 0 Å². The fourth-order valence-corrected chi connectivity index (χ4v) is 2.60. The van der Waals surface area contributed by atoms with Crippen LogP contribution in [0.5, 0.6) is 5.75 Å². The number of hydrogen-bond donors (Lipinski definition) is 1. The van der Waals surface area contributed by atoms with E-state index in [1.165, 1.54) is 17.2 Å². The van der Waals surface area contributed by atoms with Gasteiger partial charge in [-0.15, -0.1) is 0 Å². The monoisotopic (exact) mass is 297 g/mol. The third-order valence-corrected chi connectivity index (χ3v) is 3.65. The topological polar surface area (TPSA) is 51.5 Å². The van der Waals surface area contributed by atoms with Gasteiger partial charge in [0.25, 0.3) is 0 Å². The summed E-state index contributed by atoms with van der Waals surface area (Å²) in [6.07, 6.45) is 8.21. The molecule has 3 rings (SSSR count). The molecule has 1 amide bonds. The van der Waals surface area contributed by atoms with Crippen molar-refractivity contribution >= 4 is 12.0 Å². The van der Waals surface area contributed by atoms with Crippen molar-refractivity contribution in [2.45, 2.75) is 25.8 Å². The number of amides is 1. The average molecular weight is 297 g/mol. The molecule has 0 saturated carbocycles. The van der Waals surface area contributed by atoms with Crippen LogP contribution in [0.4, 0.5) is 0 Å². The van der Waals surface area contributed by atoms with E-state index in [9.17, 15) is 4.79 Å². The largest absolute Gasteiger partial charge is 0.493 e. The Morgan fingerprint density at radius 1 is 1.41 bits per heavy atom. The molecule has 4 heteroatoms. The highest BCUT2D eigenvalue weighted by Crippen LogP contribution is 2.26. The summed E-state index contributed by atoms with van der Waals surface area (Å²) in [7, 11) is 0. The van der Waals surface area contributed by atoms with E-state index < -0.39 is 0 Å². The molecule has 4 nitrogen and oxygen atoms in total. The van der Waals surface area contributed by atoms with E-state index in [-0.39, 0.29) is 11.9 Å². The van der Waals surface area contributed by atoms with Crippen LogP contribution in [0.15, 0.2) is 47.3 Å². The van der Waals surface area contributed by atoms with Crippen LogP contribution < -0.4 is 10.1 Å². The van der Waals surface area contributed by atoms with E-state index >= 15 is 0 Å². The standard InChI is InChI=1S/C18H19NO3/c1-13(19-18(20)5-3-14-6-8-21-12-14)10-15-2-4-17-16(11-15)7-9-22-17/h2-6,8,11-13H,7,9-10H2,1H3,(H,19,20)/b5-3+/t13-/m0/s1. The van der Waals surface area contributed by atoms with Crippen molar-refractivity contribution in [1.82, 2.24) is 5.32 Å². The van der Waals surface area contributed by atoms with Crippen molar-refractivity contribution < 1.29 is 13.9 Å². The fourth-order valence-electron chi connectivity index (χ4n) is 2.60. The number of furan rings is 1. The number of benzene rings is 1. The first-order chi connectivity index (χ1) is 10.7. The first-order valence-electron chi connectivity index (χ1n) is 7.46. The molecule has 0 aliphatic carbocycles. The average Bonchev–Trinajstić information content (AvgIpc) is 3.15. The minimum Gasteiger partial charge on any atom is -0.493 e. The third-order valence-electron chi connectivity index (χ3n) is 3.65. The van der Waals surface area contributed by atoms with Gasteiger partial charge < -0.3 is 14.5 Å². The summed E-state index contributed by atoms with van der Waals surface area (Å²) in [6, 6.07) is 8.13. The number of carbonyl (C=O) groups excluding carboxylic acids is 1. The second-order valence-electron chi connectivity index (χ2n) is 5.54. The maximum atomic E-state index is 11.9. The zero-order valence-corrected chi connectivity index (χ0v) is 12.5. The molecule has 1 N–H and O–H groups in total. The highest BCUT2D eigenvalue weighted by molar-refractivity contribution is 5.91. The van der Waals surface area contributed by atoms with Crippen molar-refractivity contribution in [3.05, 3.63) is 59.6 Å². The number of ether oxygens (including phenoxy) is 1. The Balaban J connectivity index is 1.53. The van der Waals surface area contributed by atoms with Crippen LogP contribution in [0.2, 0.25) is 0 Å².